The molecule has 1 heterocycles. The molecule has 0 fully saturated rings. The van der Waals surface area contributed by atoms with Crippen LogP contribution in [0.4, 0.5) is 0 Å². The maximum Gasteiger partial charge on any atom is 0.0803 e. The Bertz CT molecular complexity index is 322. The number of allylic oxidation sites excluding steroid dienone is 1. The molecule has 0 saturated carbocycles. The van der Waals surface area contributed by atoms with Gasteiger partial charge in [-0.1, -0.05) is 30.8 Å². The SMILES string of the molecule is C=CCCC(NCCC)c1snnc1CCC. The van der Waals surface area contributed by atoms with E-state index in [2.05, 4.69) is 35.3 Å². The van der Waals surface area contributed by atoms with Crippen LogP contribution in [0.3, 0.4) is 0 Å². The second kappa shape index (κ2) is 8.37. The van der Waals surface area contributed by atoms with Gasteiger partial charge in [0.2, 0.25) is 0 Å². The molecule has 0 aromatic carbocycles. The lowest BCUT2D eigenvalue weighted by atomic mass is 10.1. The van der Waals surface area contributed by atoms with Crippen LogP contribution in [-0.2, 0) is 6.42 Å². The number of hydrogen-bond acceptors (Lipinski definition) is 4. The minimum absolute atomic E-state index is 0.398. The van der Waals surface area contributed by atoms with Gasteiger partial charge in [-0.3, -0.25) is 0 Å². The van der Waals surface area contributed by atoms with E-state index >= 15 is 0 Å². The second-order valence-electron chi connectivity index (χ2n) is 4.21. The summed E-state index contributed by atoms with van der Waals surface area (Å²) in [5.74, 6) is 0. The van der Waals surface area contributed by atoms with Gasteiger partial charge in [0.1, 0.15) is 0 Å². The zero-order chi connectivity index (χ0) is 12.5. The van der Waals surface area contributed by atoms with Crippen LogP contribution < -0.4 is 5.32 Å². The van der Waals surface area contributed by atoms with Gasteiger partial charge in [-0.2, -0.15) is 0 Å². The molecule has 1 unspecified atom stereocenters. The molecule has 1 rings (SSSR count). The molecule has 0 saturated heterocycles. The van der Waals surface area contributed by atoms with Gasteiger partial charge < -0.3 is 5.32 Å². The van der Waals surface area contributed by atoms with Crippen molar-refractivity contribution in [3.05, 3.63) is 23.2 Å². The molecule has 17 heavy (non-hydrogen) atoms. The van der Waals surface area contributed by atoms with Crippen molar-refractivity contribution in [1.29, 1.82) is 0 Å². The molecule has 0 aliphatic heterocycles. The van der Waals surface area contributed by atoms with Crippen LogP contribution in [-0.4, -0.2) is 16.1 Å². The minimum Gasteiger partial charge on any atom is -0.309 e. The van der Waals surface area contributed by atoms with E-state index < -0.39 is 0 Å². The molecule has 1 N–H and O–H groups in total. The largest absolute Gasteiger partial charge is 0.309 e. The first-order chi connectivity index (χ1) is 8.33. The zero-order valence-electron chi connectivity index (χ0n) is 10.9. The normalized spacial score (nSPS) is 12.6. The van der Waals surface area contributed by atoms with Crippen molar-refractivity contribution in [2.45, 2.75) is 52.0 Å². The van der Waals surface area contributed by atoms with Crippen molar-refractivity contribution in [1.82, 2.24) is 14.9 Å². The third-order valence-corrected chi connectivity index (χ3v) is 3.57. The average Bonchev–Trinajstić information content (AvgIpc) is 2.78. The Morgan fingerprint density at radius 1 is 1.41 bits per heavy atom. The second-order valence-corrected chi connectivity index (χ2v) is 4.99. The van der Waals surface area contributed by atoms with Crippen molar-refractivity contribution in [2.75, 3.05) is 6.54 Å². The van der Waals surface area contributed by atoms with Crippen LogP contribution >= 0.6 is 11.5 Å². The molecule has 1 aromatic rings. The number of aromatic nitrogens is 2. The van der Waals surface area contributed by atoms with Gasteiger partial charge >= 0.3 is 0 Å². The van der Waals surface area contributed by atoms with Gasteiger partial charge in [-0.15, -0.1) is 11.7 Å². The summed E-state index contributed by atoms with van der Waals surface area (Å²) in [7, 11) is 0. The first kappa shape index (κ1) is 14.3. The summed E-state index contributed by atoms with van der Waals surface area (Å²) in [5.41, 5.74) is 1.18. The Morgan fingerprint density at radius 2 is 2.24 bits per heavy atom. The Balaban J connectivity index is 2.71. The maximum absolute atomic E-state index is 4.25. The molecule has 4 heteroatoms. The predicted molar refractivity (Wildman–Crippen MR) is 74.4 cm³/mol. The molecule has 96 valence electrons. The first-order valence-electron chi connectivity index (χ1n) is 6.48. The number of nitrogens with one attached hydrogen (secondary N) is 1. The Morgan fingerprint density at radius 3 is 2.88 bits per heavy atom. The van der Waals surface area contributed by atoms with E-state index in [-0.39, 0.29) is 0 Å². The molecule has 0 amide bonds. The Labute approximate surface area is 108 Å². The topological polar surface area (TPSA) is 37.8 Å². The van der Waals surface area contributed by atoms with Crippen LogP contribution in [0.5, 0.6) is 0 Å². The quantitative estimate of drug-likeness (QED) is 0.684. The van der Waals surface area contributed by atoms with Crippen LogP contribution in [0.25, 0.3) is 0 Å². The molecule has 0 radical (unpaired) electrons. The van der Waals surface area contributed by atoms with Crippen LogP contribution in [0.15, 0.2) is 12.7 Å². The first-order valence-corrected chi connectivity index (χ1v) is 7.26. The van der Waals surface area contributed by atoms with E-state index in [9.17, 15) is 0 Å². The van der Waals surface area contributed by atoms with Gasteiger partial charge in [0.25, 0.3) is 0 Å². The number of aryl methyl sites for hydroxylation is 1. The number of nitrogens with zero attached hydrogens (tertiary/aromatic N) is 2. The van der Waals surface area contributed by atoms with Crippen LogP contribution in [0.2, 0.25) is 0 Å². The molecule has 0 bridgehead atoms. The van der Waals surface area contributed by atoms with Gasteiger partial charge in [-0.25, -0.2) is 0 Å². The molecule has 0 aliphatic rings. The number of rotatable bonds is 9. The fraction of sp³-hybridized carbons (Fsp3) is 0.692. The van der Waals surface area contributed by atoms with E-state index in [0.29, 0.717) is 6.04 Å². The summed E-state index contributed by atoms with van der Waals surface area (Å²) in [6.45, 7) is 9.22. The third kappa shape index (κ3) is 4.56. The predicted octanol–water partition coefficient (Wildman–Crippen LogP) is 3.50. The minimum atomic E-state index is 0.398. The fourth-order valence-electron chi connectivity index (χ4n) is 1.82. The van der Waals surface area contributed by atoms with Gasteiger partial charge in [-0.05, 0) is 43.8 Å². The molecule has 1 aromatic heterocycles. The summed E-state index contributed by atoms with van der Waals surface area (Å²) in [4.78, 5) is 1.32. The third-order valence-electron chi connectivity index (χ3n) is 2.69. The highest BCUT2D eigenvalue weighted by molar-refractivity contribution is 7.05. The highest BCUT2D eigenvalue weighted by Gasteiger charge is 2.17. The van der Waals surface area contributed by atoms with Crippen molar-refractivity contribution < 1.29 is 0 Å². The smallest absolute Gasteiger partial charge is 0.0803 e. The standard InChI is InChI=1S/C13H23N3S/c1-4-7-9-11(14-10-6-3)13-12(8-5-2)15-16-17-13/h4,11,14H,1,5-10H2,2-3H3. The summed E-state index contributed by atoms with van der Waals surface area (Å²) in [6, 6.07) is 0.398. The highest BCUT2D eigenvalue weighted by atomic mass is 32.1. The Hall–Kier alpha value is -0.740. The zero-order valence-corrected chi connectivity index (χ0v) is 11.7. The summed E-state index contributed by atoms with van der Waals surface area (Å²) < 4.78 is 4.10. The molecule has 0 aliphatic carbocycles. The van der Waals surface area contributed by atoms with Crippen molar-refractivity contribution in [3.63, 3.8) is 0 Å². The van der Waals surface area contributed by atoms with Crippen LogP contribution in [0, 0.1) is 0 Å². The van der Waals surface area contributed by atoms with Crippen LogP contribution in [0.1, 0.15) is 56.1 Å². The lowest BCUT2D eigenvalue weighted by molar-refractivity contribution is 0.505. The maximum atomic E-state index is 4.25. The summed E-state index contributed by atoms with van der Waals surface area (Å²) in [6.07, 6.45) is 7.41. The summed E-state index contributed by atoms with van der Waals surface area (Å²) in [5, 5.41) is 7.83. The molecular formula is C13H23N3S. The Kier molecular flexibility index (Phi) is 7.05. The fourth-order valence-corrected chi connectivity index (χ4v) is 2.62. The monoisotopic (exact) mass is 253 g/mol. The van der Waals surface area contributed by atoms with Gasteiger partial charge in [0, 0.05) is 6.04 Å². The molecular weight excluding hydrogens is 230 g/mol. The van der Waals surface area contributed by atoms with E-state index in [0.717, 1.165) is 38.6 Å². The lowest BCUT2D eigenvalue weighted by Crippen LogP contribution is -2.22. The van der Waals surface area contributed by atoms with E-state index in [1.807, 2.05) is 6.08 Å². The summed E-state index contributed by atoms with van der Waals surface area (Å²) >= 11 is 1.54. The van der Waals surface area contributed by atoms with Gasteiger partial charge in [0.05, 0.1) is 10.6 Å². The highest BCUT2D eigenvalue weighted by Crippen LogP contribution is 2.25. The van der Waals surface area contributed by atoms with Crippen molar-refractivity contribution in [2.24, 2.45) is 0 Å². The lowest BCUT2D eigenvalue weighted by Gasteiger charge is -2.16. The van der Waals surface area contributed by atoms with Crippen molar-refractivity contribution >= 4 is 11.5 Å². The molecule has 1 atom stereocenters. The van der Waals surface area contributed by atoms with E-state index in [4.69, 9.17) is 0 Å². The number of hydrogen-bond donors (Lipinski definition) is 1. The molecule has 0 spiro atoms. The van der Waals surface area contributed by atoms with E-state index in [1.54, 1.807) is 11.5 Å². The average molecular weight is 253 g/mol. The van der Waals surface area contributed by atoms with Gasteiger partial charge in [0.15, 0.2) is 0 Å². The molecule has 3 nitrogen and oxygen atoms in total. The van der Waals surface area contributed by atoms with Crippen molar-refractivity contribution in [3.8, 4) is 0 Å². The van der Waals surface area contributed by atoms with E-state index in [1.165, 1.54) is 10.6 Å².